The van der Waals surface area contributed by atoms with Crippen LogP contribution in [0.1, 0.15) is 28.3 Å². The molecule has 0 aliphatic carbocycles. The molecule has 39 heavy (non-hydrogen) atoms. The number of rotatable bonds is 6. The van der Waals surface area contributed by atoms with Crippen LogP contribution in [0.4, 0.5) is 9.52 Å². The minimum absolute atomic E-state index is 0.117. The molecule has 1 aromatic heterocycles. The fraction of sp³-hybridized carbons (Fsp3) is 0.207. The number of halogens is 1. The largest absolute Gasteiger partial charge is 0.507 e. The monoisotopic (exact) mass is 548 g/mol. The Morgan fingerprint density at radius 1 is 0.974 bits per heavy atom. The molecular formula is C29H25FN2O6S. The van der Waals surface area contributed by atoms with Gasteiger partial charge in [-0.3, -0.25) is 14.5 Å². The van der Waals surface area contributed by atoms with E-state index in [1.165, 1.54) is 44.4 Å². The Labute approximate surface area is 227 Å². The van der Waals surface area contributed by atoms with Crippen molar-refractivity contribution in [1.82, 2.24) is 4.98 Å². The van der Waals surface area contributed by atoms with E-state index in [0.717, 1.165) is 22.5 Å². The van der Waals surface area contributed by atoms with Gasteiger partial charge in [0.1, 0.15) is 11.6 Å². The molecule has 5 rings (SSSR count). The van der Waals surface area contributed by atoms with Crippen LogP contribution in [0.3, 0.4) is 0 Å². The Morgan fingerprint density at radius 2 is 1.67 bits per heavy atom. The third-order valence-corrected chi connectivity index (χ3v) is 7.66. The first-order chi connectivity index (χ1) is 18.7. The van der Waals surface area contributed by atoms with Gasteiger partial charge in [-0.05, 0) is 61.4 Å². The molecule has 1 aliphatic heterocycles. The Morgan fingerprint density at radius 3 is 2.31 bits per heavy atom. The molecule has 4 aromatic rings. The number of methoxy groups -OCH3 is 3. The van der Waals surface area contributed by atoms with E-state index < -0.39 is 23.5 Å². The first kappa shape index (κ1) is 26.2. The van der Waals surface area contributed by atoms with Gasteiger partial charge in [-0.25, -0.2) is 9.37 Å². The van der Waals surface area contributed by atoms with Crippen molar-refractivity contribution in [3.63, 3.8) is 0 Å². The van der Waals surface area contributed by atoms with Crippen LogP contribution in [0.15, 0.2) is 54.1 Å². The zero-order valence-corrected chi connectivity index (χ0v) is 22.7. The third kappa shape index (κ3) is 4.36. The van der Waals surface area contributed by atoms with Gasteiger partial charge in [0.25, 0.3) is 5.78 Å². The number of aliphatic hydroxyl groups is 1. The minimum atomic E-state index is -1.09. The van der Waals surface area contributed by atoms with E-state index in [2.05, 4.69) is 4.98 Å². The van der Waals surface area contributed by atoms with E-state index in [1.54, 1.807) is 25.1 Å². The van der Waals surface area contributed by atoms with Crippen LogP contribution in [-0.2, 0) is 9.59 Å². The molecule has 0 radical (unpaired) electrons. The number of fused-ring (bicyclic) bond motifs is 1. The van der Waals surface area contributed by atoms with Crippen molar-refractivity contribution >= 4 is 44.1 Å². The first-order valence-electron chi connectivity index (χ1n) is 11.9. The number of hydrogen-bond donors (Lipinski definition) is 1. The zero-order chi connectivity index (χ0) is 28.0. The number of benzene rings is 3. The summed E-state index contributed by atoms with van der Waals surface area (Å²) >= 11 is 1.07. The van der Waals surface area contributed by atoms with Crippen molar-refractivity contribution in [2.75, 3.05) is 26.2 Å². The van der Waals surface area contributed by atoms with E-state index >= 15 is 0 Å². The Bertz CT molecular complexity index is 1650. The summed E-state index contributed by atoms with van der Waals surface area (Å²) in [5.41, 5.74) is 2.79. The quantitative estimate of drug-likeness (QED) is 0.187. The number of Topliss-reactive ketones (excluding diaryl/α,β-unsaturated/α-hetero) is 1. The molecule has 0 bridgehead atoms. The average Bonchev–Trinajstić information content (AvgIpc) is 3.46. The van der Waals surface area contributed by atoms with Crippen molar-refractivity contribution in [2.24, 2.45) is 0 Å². The topological polar surface area (TPSA) is 98.2 Å². The van der Waals surface area contributed by atoms with Gasteiger partial charge in [-0.1, -0.05) is 29.0 Å². The summed E-state index contributed by atoms with van der Waals surface area (Å²) in [6, 6.07) is 11.7. The first-order valence-corrected chi connectivity index (χ1v) is 12.7. The summed E-state index contributed by atoms with van der Waals surface area (Å²) in [5.74, 6) is -1.59. The molecule has 1 amide bonds. The predicted octanol–water partition coefficient (Wildman–Crippen LogP) is 5.70. The van der Waals surface area contributed by atoms with E-state index in [0.29, 0.717) is 38.6 Å². The van der Waals surface area contributed by atoms with Crippen LogP contribution in [0.5, 0.6) is 17.2 Å². The van der Waals surface area contributed by atoms with Crippen LogP contribution in [-0.4, -0.2) is 43.1 Å². The van der Waals surface area contributed by atoms with Crippen LogP contribution in [0.2, 0.25) is 0 Å². The fourth-order valence-electron chi connectivity index (χ4n) is 4.73. The summed E-state index contributed by atoms with van der Waals surface area (Å²) in [5, 5.41) is 11.7. The number of aromatic nitrogens is 1. The van der Waals surface area contributed by atoms with Gasteiger partial charge in [0.2, 0.25) is 5.75 Å². The molecule has 8 nitrogen and oxygen atoms in total. The second kappa shape index (κ2) is 10.0. The molecule has 1 saturated heterocycles. The van der Waals surface area contributed by atoms with E-state index in [-0.39, 0.29) is 16.5 Å². The maximum atomic E-state index is 13.9. The highest BCUT2D eigenvalue weighted by Crippen LogP contribution is 2.48. The van der Waals surface area contributed by atoms with Crippen molar-refractivity contribution in [2.45, 2.75) is 19.9 Å². The number of aliphatic hydroxyl groups excluding tert-OH is 1. The van der Waals surface area contributed by atoms with E-state index in [1.807, 2.05) is 19.1 Å². The van der Waals surface area contributed by atoms with Crippen molar-refractivity contribution in [1.29, 1.82) is 0 Å². The van der Waals surface area contributed by atoms with Gasteiger partial charge in [0, 0.05) is 5.56 Å². The molecule has 200 valence electrons. The predicted molar refractivity (Wildman–Crippen MR) is 146 cm³/mol. The summed E-state index contributed by atoms with van der Waals surface area (Å²) in [6.07, 6.45) is 0. The number of ketones is 1. The number of anilines is 1. The van der Waals surface area contributed by atoms with E-state index in [9.17, 15) is 19.1 Å². The summed E-state index contributed by atoms with van der Waals surface area (Å²) in [6.45, 7) is 3.67. The van der Waals surface area contributed by atoms with Crippen LogP contribution < -0.4 is 19.1 Å². The molecule has 1 N–H and O–H groups in total. The number of carbonyl (C=O) groups is 2. The SMILES string of the molecule is COc1cc(C2/C(=C(\O)c3cc(C)ccc3C)C(=O)C(=O)N2c2nc3ccc(F)cc3s2)cc(OC)c1OC. The third-order valence-electron chi connectivity index (χ3n) is 6.64. The van der Waals surface area contributed by atoms with Gasteiger partial charge in [-0.15, -0.1) is 0 Å². The van der Waals surface area contributed by atoms with Crippen molar-refractivity contribution < 1.29 is 33.3 Å². The molecule has 3 aromatic carbocycles. The minimum Gasteiger partial charge on any atom is -0.507 e. The number of aryl methyl sites for hydroxylation is 2. The molecule has 2 heterocycles. The normalized spacial score (nSPS) is 16.7. The van der Waals surface area contributed by atoms with E-state index in [4.69, 9.17) is 14.2 Å². The number of nitrogens with zero attached hydrogens (tertiary/aromatic N) is 2. The van der Waals surface area contributed by atoms with Crippen LogP contribution in [0.25, 0.3) is 16.0 Å². The lowest BCUT2D eigenvalue weighted by molar-refractivity contribution is -0.132. The number of thiazole rings is 1. The zero-order valence-electron chi connectivity index (χ0n) is 21.9. The van der Waals surface area contributed by atoms with Gasteiger partial charge in [0.05, 0.1) is 43.2 Å². The molecule has 1 atom stereocenters. The Balaban J connectivity index is 1.81. The highest BCUT2D eigenvalue weighted by molar-refractivity contribution is 7.22. The fourth-order valence-corrected chi connectivity index (χ4v) is 5.75. The van der Waals surface area contributed by atoms with Gasteiger partial charge >= 0.3 is 5.91 Å². The molecule has 1 aliphatic rings. The summed E-state index contributed by atoms with van der Waals surface area (Å²) in [4.78, 5) is 33.0. The van der Waals surface area contributed by atoms with Crippen molar-refractivity contribution in [3.8, 4) is 17.2 Å². The molecular weight excluding hydrogens is 523 g/mol. The molecule has 10 heteroatoms. The number of amides is 1. The summed E-state index contributed by atoms with van der Waals surface area (Å²) < 4.78 is 30.9. The smallest absolute Gasteiger partial charge is 0.301 e. The Hall–Kier alpha value is -4.44. The van der Waals surface area contributed by atoms with Gasteiger partial charge in [-0.2, -0.15) is 0 Å². The lowest BCUT2D eigenvalue weighted by atomic mass is 9.93. The Kier molecular flexibility index (Phi) is 6.73. The summed E-state index contributed by atoms with van der Waals surface area (Å²) in [7, 11) is 4.37. The number of ether oxygens (including phenoxy) is 3. The lowest BCUT2D eigenvalue weighted by Gasteiger charge is -2.24. The standard InChI is InChI=1S/C29H25FN2O6S/c1-14-6-7-15(2)18(10-14)25(33)23-24(16-11-20(36-3)27(38-5)21(12-16)37-4)32(28(35)26(23)34)29-31-19-9-8-17(30)13-22(19)39-29/h6-13,24,33H,1-5H3/b25-23+. The maximum Gasteiger partial charge on any atom is 0.301 e. The highest BCUT2D eigenvalue weighted by Gasteiger charge is 2.48. The van der Waals surface area contributed by atoms with Crippen LogP contribution >= 0.6 is 11.3 Å². The van der Waals surface area contributed by atoms with Gasteiger partial charge < -0.3 is 19.3 Å². The van der Waals surface area contributed by atoms with Gasteiger partial charge in [0.15, 0.2) is 16.6 Å². The maximum absolute atomic E-state index is 13.9. The second-order valence-corrected chi connectivity index (χ2v) is 10.1. The lowest BCUT2D eigenvalue weighted by Crippen LogP contribution is -2.29. The van der Waals surface area contributed by atoms with Crippen molar-refractivity contribution in [3.05, 3.63) is 82.2 Å². The molecule has 0 spiro atoms. The molecule has 0 saturated carbocycles. The highest BCUT2D eigenvalue weighted by atomic mass is 32.1. The second-order valence-electron chi connectivity index (χ2n) is 9.05. The molecule has 1 unspecified atom stereocenters. The van der Waals surface area contributed by atoms with Crippen LogP contribution in [0, 0.1) is 19.7 Å². The number of hydrogen-bond acceptors (Lipinski definition) is 8. The average molecular weight is 549 g/mol. The number of carbonyl (C=O) groups excluding carboxylic acids is 2. The molecule has 1 fully saturated rings.